The van der Waals surface area contributed by atoms with E-state index in [0.29, 0.717) is 23.4 Å². The van der Waals surface area contributed by atoms with Crippen molar-refractivity contribution in [3.05, 3.63) is 99.5 Å². The molecule has 1 atom stereocenters. The van der Waals surface area contributed by atoms with Gasteiger partial charge in [-0.3, -0.25) is 19.3 Å². The Morgan fingerprint density at radius 2 is 1.47 bits per heavy atom. The van der Waals surface area contributed by atoms with Crippen LogP contribution in [0.4, 0.5) is 5.69 Å². The minimum Gasteiger partial charge on any atom is -0.354 e. The van der Waals surface area contributed by atoms with Gasteiger partial charge in [0.2, 0.25) is 0 Å². The fourth-order valence-corrected chi connectivity index (χ4v) is 4.13. The van der Waals surface area contributed by atoms with Gasteiger partial charge in [0.15, 0.2) is 11.8 Å². The molecule has 1 N–H and O–H groups in total. The summed E-state index contributed by atoms with van der Waals surface area (Å²) in [5.41, 5.74) is 2.93. The van der Waals surface area contributed by atoms with Crippen LogP contribution in [-0.4, -0.2) is 30.2 Å². The molecule has 3 rings (SSSR count). The molecule has 0 spiro atoms. The van der Waals surface area contributed by atoms with Gasteiger partial charge in [-0.1, -0.05) is 77.8 Å². The van der Waals surface area contributed by atoms with Crippen LogP contribution >= 0.6 is 15.9 Å². The third-order valence-corrected chi connectivity index (χ3v) is 6.16. The zero-order valence-corrected chi connectivity index (χ0v) is 21.3. The van der Waals surface area contributed by atoms with E-state index in [2.05, 4.69) is 21.2 Å². The fourth-order valence-electron chi connectivity index (χ4n) is 3.86. The molecule has 3 aromatic carbocycles. The van der Waals surface area contributed by atoms with E-state index >= 15 is 0 Å². The highest BCUT2D eigenvalue weighted by Crippen LogP contribution is 2.30. The normalized spacial score (nSPS) is 11.5. The average Bonchev–Trinajstić information content (AvgIpc) is 2.83. The monoisotopic (exact) mass is 520 g/mol. The van der Waals surface area contributed by atoms with Gasteiger partial charge in [-0.15, -0.1) is 0 Å². The highest BCUT2D eigenvalue weighted by Gasteiger charge is 2.39. The van der Waals surface area contributed by atoms with Crippen molar-refractivity contribution in [2.75, 3.05) is 11.4 Å². The van der Waals surface area contributed by atoms with Crippen LogP contribution < -0.4 is 10.2 Å². The molecule has 1 unspecified atom stereocenters. The molecule has 3 aromatic rings. The molecule has 0 fully saturated rings. The third-order valence-electron chi connectivity index (χ3n) is 5.63. The maximum absolute atomic E-state index is 14.0. The van der Waals surface area contributed by atoms with Crippen LogP contribution in [0.3, 0.4) is 0 Å². The summed E-state index contributed by atoms with van der Waals surface area (Å²) >= 11 is 3.40. The van der Waals surface area contributed by atoms with Crippen LogP contribution in [0.5, 0.6) is 0 Å². The first-order valence-corrected chi connectivity index (χ1v) is 12.2. The summed E-state index contributed by atoms with van der Waals surface area (Å²) < 4.78 is 0.830. The minimum absolute atomic E-state index is 0.373. The van der Waals surface area contributed by atoms with Crippen molar-refractivity contribution in [1.82, 2.24) is 5.32 Å². The number of unbranched alkanes of at least 4 members (excludes halogenated alkanes) is 1. The second-order valence-corrected chi connectivity index (χ2v) is 9.12. The lowest BCUT2D eigenvalue weighted by Crippen LogP contribution is -2.55. The predicted molar refractivity (Wildman–Crippen MR) is 139 cm³/mol. The number of nitrogens with one attached hydrogen (secondary N) is 1. The van der Waals surface area contributed by atoms with E-state index in [0.717, 1.165) is 28.4 Å². The number of rotatable bonds is 9. The molecule has 6 heteroatoms. The van der Waals surface area contributed by atoms with Gasteiger partial charge in [-0.25, -0.2) is 0 Å². The van der Waals surface area contributed by atoms with E-state index in [9.17, 15) is 14.4 Å². The lowest BCUT2D eigenvalue weighted by molar-refractivity contribution is -0.121. The molecule has 34 heavy (non-hydrogen) atoms. The molecule has 176 valence electrons. The number of Topliss-reactive ketones (excluding diaryl/α,β-unsaturated/α-hetero) is 1. The van der Waals surface area contributed by atoms with E-state index in [1.54, 1.807) is 48.5 Å². The topological polar surface area (TPSA) is 66.5 Å². The number of carbonyl (C=O) groups excluding carboxylic acids is 3. The maximum Gasteiger partial charge on any atom is 0.259 e. The van der Waals surface area contributed by atoms with E-state index in [1.807, 2.05) is 45.0 Å². The van der Waals surface area contributed by atoms with Crippen LogP contribution in [0.1, 0.15) is 51.6 Å². The molecular formula is C28H29BrN2O3. The van der Waals surface area contributed by atoms with Gasteiger partial charge in [0.1, 0.15) is 0 Å². The first kappa shape index (κ1) is 25.4. The Bertz CT molecular complexity index is 1140. The molecule has 2 amide bonds. The Kier molecular flexibility index (Phi) is 8.77. The number of anilines is 1. The predicted octanol–water partition coefficient (Wildman–Crippen LogP) is 5.88. The molecule has 0 bridgehead atoms. The molecule has 0 aliphatic carbocycles. The average molecular weight is 521 g/mol. The number of aryl methyl sites for hydroxylation is 2. The second-order valence-electron chi connectivity index (χ2n) is 8.20. The van der Waals surface area contributed by atoms with Crippen LogP contribution in [0.15, 0.2) is 77.3 Å². The van der Waals surface area contributed by atoms with E-state index in [-0.39, 0.29) is 0 Å². The quantitative estimate of drug-likeness (QED) is 0.217. The Morgan fingerprint density at radius 3 is 2.06 bits per heavy atom. The standard InChI is InChI=1S/C28H29BrN2O3/c1-4-5-18-30-27(33)25(26(32)21-12-7-6-8-13-21)31(24-19(2)10-9-11-20(24)3)28(34)22-14-16-23(29)17-15-22/h6-17,25H,4-5,18H2,1-3H3,(H,30,33). The number of hydrogen-bond donors (Lipinski definition) is 1. The summed E-state index contributed by atoms with van der Waals surface area (Å²) in [6.45, 7) is 6.21. The van der Waals surface area contributed by atoms with Crippen molar-refractivity contribution in [2.24, 2.45) is 0 Å². The summed E-state index contributed by atoms with van der Waals surface area (Å²) in [6, 6.07) is 19.9. The van der Waals surface area contributed by atoms with E-state index in [4.69, 9.17) is 0 Å². The summed E-state index contributed by atoms with van der Waals surface area (Å²) in [5.74, 6) is -1.33. The number of halogens is 1. The Balaban J connectivity index is 2.19. The van der Waals surface area contributed by atoms with Crippen molar-refractivity contribution in [1.29, 1.82) is 0 Å². The van der Waals surface area contributed by atoms with Gasteiger partial charge in [-0.2, -0.15) is 0 Å². The number of carbonyl (C=O) groups is 3. The number of hydrogen-bond acceptors (Lipinski definition) is 3. The Hall–Kier alpha value is -3.25. The van der Waals surface area contributed by atoms with Crippen LogP contribution in [0, 0.1) is 13.8 Å². The number of benzene rings is 3. The molecule has 0 saturated carbocycles. The van der Waals surface area contributed by atoms with Gasteiger partial charge < -0.3 is 5.32 Å². The van der Waals surface area contributed by atoms with Gasteiger partial charge in [-0.05, 0) is 55.7 Å². The highest BCUT2D eigenvalue weighted by atomic mass is 79.9. The van der Waals surface area contributed by atoms with Crippen molar-refractivity contribution in [3.8, 4) is 0 Å². The SMILES string of the molecule is CCCCNC(=O)C(C(=O)c1ccccc1)N(C(=O)c1ccc(Br)cc1)c1c(C)cccc1C. The first-order valence-electron chi connectivity index (χ1n) is 11.4. The second kappa shape index (κ2) is 11.7. The maximum atomic E-state index is 14.0. The Morgan fingerprint density at radius 1 is 0.853 bits per heavy atom. The first-order chi connectivity index (χ1) is 16.3. The molecule has 0 aliphatic rings. The number of para-hydroxylation sites is 1. The third kappa shape index (κ3) is 5.81. The van der Waals surface area contributed by atoms with Crippen LogP contribution in [-0.2, 0) is 4.79 Å². The van der Waals surface area contributed by atoms with Gasteiger partial charge in [0.25, 0.3) is 11.8 Å². The number of amides is 2. The molecule has 0 aliphatic heterocycles. The molecule has 0 aromatic heterocycles. The van der Waals surface area contributed by atoms with Crippen LogP contribution in [0.25, 0.3) is 0 Å². The molecular weight excluding hydrogens is 492 g/mol. The van der Waals surface area contributed by atoms with Crippen molar-refractivity contribution >= 4 is 39.2 Å². The van der Waals surface area contributed by atoms with Crippen molar-refractivity contribution < 1.29 is 14.4 Å². The smallest absolute Gasteiger partial charge is 0.259 e. The lowest BCUT2D eigenvalue weighted by atomic mass is 9.97. The van der Waals surface area contributed by atoms with E-state index < -0.39 is 23.6 Å². The zero-order valence-electron chi connectivity index (χ0n) is 19.7. The van der Waals surface area contributed by atoms with Gasteiger partial charge in [0.05, 0.1) is 5.69 Å². The van der Waals surface area contributed by atoms with Gasteiger partial charge >= 0.3 is 0 Å². The molecule has 0 saturated heterocycles. The number of ketones is 1. The summed E-state index contributed by atoms with van der Waals surface area (Å²) in [7, 11) is 0. The van der Waals surface area contributed by atoms with Crippen LogP contribution in [0.2, 0.25) is 0 Å². The highest BCUT2D eigenvalue weighted by molar-refractivity contribution is 9.10. The van der Waals surface area contributed by atoms with Crippen molar-refractivity contribution in [3.63, 3.8) is 0 Å². The number of nitrogens with zero attached hydrogens (tertiary/aromatic N) is 1. The molecule has 0 radical (unpaired) electrons. The minimum atomic E-state index is -1.35. The Labute approximate surface area is 209 Å². The summed E-state index contributed by atoms with van der Waals surface area (Å²) in [6.07, 6.45) is 1.68. The molecule has 5 nitrogen and oxygen atoms in total. The lowest BCUT2D eigenvalue weighted by Gasteiger charge is -2.32. The van der Waals surface area contributed by atoms with E-state index in [1.165, 1.54) is 4.90 Å². The molecule has 0 heterocycles. The zero-order chi connectivity index (χ0) is 24.7. The largest absolute Gasteiger partial charge is 0.354 e. The summed E-state index contributed by atoms with van der Waals surface area (Å²) in [4.78, 5) is 42.6. The van der Waals surface area contributed by atoms with Gasteiger partial charge in [0, 0.05) is 22.1 Å². The fraction of sp³-hybridized carbons (Fsp3) is 0.250. The summed E-state index contributed by atoms with van der Waals surface area (Å²) in [5, 5.41) is 2.88. The van der Waals surface area contributed by atoms with Crippen molar-refractivity contribution in [2.45, 2.75) is 39.7 Å².